The Morgan fingerprint density at radius 3 is 2.27 bits per heavy atom. The summed E-state index contributed by atoms with van der Waals surface area (Å²) in [6.07, 6.45) is 7.55. The van der Waals surface area contributed by atoms with E-state index in [-0.39, 0.29) is 18.5 Å². The number of aromatic nitrogens is 2. The summed E-state index contributed by atoms with van der Waals surface area (Å²) in [7, 11) is 0. The molecule has 5 N–H and O–H groups in total. The van der Waals surface area contributed by atoms with Crippen LogP contribution < -0.4 is 20.9 Å². The summed E-state index contributed by atoms with van der Waals surface area (Å²) in [5.74, 6) is 3.05. The second-order valence-corrected chi connectivity index (χ2v) is 13.3. The number of nitrogens with zero attached hydrogens (tertiary/aromatic N) is 3. The van der Waals surface area contributed by atoms with Gasteiger partial charge in [0.1, 0.15) is 11.7 Å². The van der Waals surface area contributed by atoms with Crippen molar-refractivity contribution in [2.24, 2.45) is 17.4 Å². The number of ether oxygens (including phenoxy) is 2. The standard InChI is InChI=1S/C40H44N6O3/c41-22-28-6-8-30(9-7-28)24-45(23-29-4-2-1-3-5-29)40(47)33-16-17-35-34(21-33)44-38(19-13-27-10-14-32(15-11-27)39(42)43)46(35)25-31-12-18-36-37(20-31)49-26-48-36/h6-12,14-18,20-21,29H,1-5,13,19,22-26,41H2,(H3,42,43). The van der Waals surface area contributed by atoms with E-state index in [9.17, 15) is 4.79 Å². The molecule has 1 saturated carbocycles. The van der Waals surface area contributed by atoms with Crippen molar-refractivity contribution < 1.29 is 14.3 Å². The molecule has 1 aliphatic heterocycles. The molecular weight excluding hydrogens is 612 g/mol. The topological polar surface area (TPSA) is 132 Å². The average Bonchev–Trinajstić information content (AvgIpc) is 3.74. The van der Waals surface area contributed by atoms with Crippen LogP contribution in [0.3, 0.4) is 0 Å². The van der Waals surface area contributed by atoms with Crippen LogP contribution >= 0.6 is 0 Å². The first-order chi connectivity index (χ1) is 23.9. The maximum Gasteiger partial charge on any atom is 0.254 e. The number of rotatable bonds is 12. The highest BCUT2D eigenvalue weighted by atomic mass is 16.7. The van der Waals surface area contributed by atoms with Crippen molar-refractivity contribution in [3.8, 4) is 11.5 Å². The van der Waals surface area contributed by atoms with Crippen molar-refractivity contribution in [3.05, 3.63) is 124 Å². The van der Waals surface area contributed by atoms with Crippen molar-refractivity contribution in [1.82, 2.24) is 14.5 Å². The van der Waals surface area contributed by atoms with Gasteiger partial charge in [0.15, 0.2) is 11.5 Å². The van der Waals surface area contributed by atoms with Crippen LogP contribution in [0.15, 0.2) is 84.9 Å². The molecular formula is C40H44N6O3. The normalized spacial score (nSPS) is 14.3. The number of fused-ring (bicyclic) bond motifs is 2. The van der Waals surface area contributed by atoms with Crippen molar-refractivity contribution in [2.75, 3.05) is 13.3 Å². The molecule has 7 rings (SSSR count). The van der Waals surface area contributed by atoms with Gasteiger partial charge in [0.05, 0.1) is 11.0 Å². The van der Waals surface area contributed by atoms with Crippen molar-refractivity contribution in [2.45, 2.75) is 64.6 Å². The van der Waals surface area contributed by atoms with E-state index in [1.54, 1.807) is 0 Å². The van der Waals surface area contributed by atoms with Gasteiger partial charge in [-0.1, -0.05) is 73.9 Å². The highest BCUT2D eigenvalue weighted by Gasteiger charge is 2.24. The number of hydrogen-bond acceptors (Lipinski definition) is 6. The van der Waals surface area contributed by atoms with Gasteiger partial charge in [-0.3, -0.25) is 10.2 Å². The molecule has 0 radical (unpaired) electrons. The lowest BCUT2D eigenvalue weighted by Crippen LogP contribution is -2.35. The van der Waals surface area contributed by atoms with E-state index < -0.39 is 0 Å². The largest absolute Gasteiger partial charge is 0.454 e. The minimum atomic E-state index is 0.0350. The molecule has 1 aromatic heterocycles. The number of amides is 1. The Morgan fingerprint density at radius 2 is 1.51 bits per heavy atom. The Kier molecular flexibility index (Phi) is 9.61. The maximum atomic E-state index is 14.3. The molecule has 0 atom stereocenters. The van der Waals surface area contributed by atoms with Crippen LogP contribution in [0.25, 0.3) is 11.0 Å². The predicted molar refractivity (Wildman–Crippen MR) is 192 cm³/mol. The molecule has 4 aromatic carbocycles. The summed E-state index contributed by atoms with van der Waals surface area (Å²) in [5, 5.41) is 7.71. The fraction of sp³-hybridized carbons (Fsp3) is 0.325. The molecule has 5 aromatic rings. The Balaban J connectivity index is 1.19. The van der Waals surface area contributed by atoms with Crippen molar-refractivity contribution in [3.63, 3.8) is 0 Å². The first-order valence-electron chi connectivity index (χ1n) is 17.3. The van der Waals surface area contributed by atoms with E-state index in [0.29, 0.717) is 43.1 Å². The number of imidazole rings is 1. The van der Waals surface area contributed by atoms with Gasteiger partial charge in [0.25, 0.3) is 5.91 Å². The summed E-state index contributed by atoms with van der Waals surface area (Å²) >= 11 is 0. The summed E-state index contributed by atoms with van der Waals surface area (Å²) in [6, 6.07) is 28.1. The van der Waals surface area contributed by atoms with E-state index in [2.05, 4.69) is 34.9 Å². The van der Waals surface area contributed by atoms with E-state index in [1.165, 1.54) is 32.1 Å². The number of hydrogen-bond donors (Lipinski definition) is 3. The molecule has 0 saturated heterocycles. The lowest BCUT2D eigenvalue weighted by Gasteiger charge is -2.30. The van der Waals surface area contributed by atoms with Crippen LogP contribution in [0.4, 0.5) is 0 Å². The number of carbonyl (C=O) groups excluding carboxylic acids is 1. The second kappa shape index (κ2) is 14.5. The van der Waals surface area contributed by atoms with Gasteiger partial charge in [0.2, 0.25) is 6.79 Å². The van der Waals surface area contributed by atoms with Crippen LogP contribution in [-0.2, 0) is 32.5 Å². The molecule has 49 heavy (non-hydrogen) atoms. The van der Waals surface area contributed by atoms with Crippen LogP contribution in [-0.4, -0.2) is 39.5 Å². The Morgan fingerprint density at radius 1 is 0.816 bits per heavy atom. The zero-order valence-corrected chi connectivity index (χ0v) is 27.9. The zero-order valence-electron chi connectivity index (χ0n) is 27.9. The number of amidine groups is 1. The smallest absolute Gasteiger partial charge is 0.254 e. The fourth-order valence-electron chi connectivity index (χ4n) is 7.09. The van der Waals surface area contributed by atoms with Crippen molar-refractivity contribution in [1.29, 1.82) is 5.41 Å². The highest BCUT2D eigenvalue weighted by Crippen LogP contribution is 2.33. The monoisotopic (exact) mass is 656 g/mol. The quantitative estimate of drug-likeness (QED) is 0.103. The maximum absolute atomic E-state index is 14.3. The number of nitrogens with two attached hydrogens (primary N) is 2. The lowest BCUT2D eigenvalue weighted by molar-refractivity contribution is 0.0699. The molecule has 2 aliphatic rings. The number of carbonyl (C=O) groups is 1. The first-order valence-corrected chi connectivity index (χ1v) is 17.3. The Hall–Kier alpha value is -5.15. The van der Waals surface area contributed by atoms with Gasteiger partial charge in [0, 0.05) is 43.7 Å². The minimum Gasteiger partial charge on any atom is -0.454 e. The molecule has 0 unspecified atom stereocenters. The molecule has 252 valence electrons. The third-order valence-corrected chi connectivity index (χ3v) is 9.88. The SMILES string of the molecule is N=C(N)c1ccc(CCc2nc3cc(C(=O)N(Cc4ccc(CN)cc4)CC4CCCCC4)ccc3n2Cc2ccc3c(c2)OCO3)cc1. The Labute approximate surface area is 287 Å². The Bertz CT molecular complexity index is 1940. The van der Waals surface area contributed by atoms with Crippen LogP contribution in [0.1, 0.15) is 76.1 Å². The van der Waals surface area contributed by atoms with E-state index in [1.807, 2.05) is 59.5 Å². The van der Waals surface area contributed by atoms with E-state index in [0.717, 1.165) is 63.6 Å². The van der Waals surface area contributed by atoms with Gasteiger partial charge in [-0.25, -0.2) is 4.98 Å². The van der Waals surface area contributed by atoms with Crippen molar-refractivity contribution >= 4 is 22.8 Å². The molecule has 9 heteroatoms. The highest BCUT2D eigenvalue weighted by molar-refractivity contribution is 5.97. The van der Waals surface area contributed by atoms with Gasteiger partial charge in [-0.15, -0.1) is 0 Å². The molecule has 0 spiro atoms. The third-order valence-electron chi connectivity index (χ3n) is 9.88. The third kappa shape index (κ3) is 7.47. The lowest BCUT2D eigenvalue weighted by atomic mass is 9.88. The molecule has 9 nitrogen and oxygen atoms in total. The van der Waals surface area contributed by atoms with E-state index >= 15 is 0 Å². The zero-order chi connectivity index (χ0) is 33.7. The minimum absolute atomic E-state index is 0.0350. The number of nitrogens with one attached hydrogen (secondary N) is 1. The van der Waals surface area contributed by atoms with Gasteiger partial charge >= 0.3 is 0 Å². The molecule has 2 heterocycles. The van der Waals surface area contributed by atoms with Gasteiger partial charge in [-0.2, -0.15) is 0 Å². The fourth-order valence-corrected chi connectivity index (χ4v) is 7.09. The second-order valence-electron chi connectivity index (χ2n) is 13.3. The summed E-state index contributed by atoms with van der Waals surface area (Å²) < 4.78 is 13.4. The van der Waals surface area contributed by atoms with E-state index in [4.69, 9.17) is 31.3 Å². The molecule has 0 bridgehead atoms. The molecule has 1 fully saturated rings. The molecule has 1 amide bonds. The number of nitrogen functional groups attached to an aromatic ring is 1. The predicted octanol–water partition coefficient (Wildman–Crippen LogP) is 6.56. The molecule has 1 aliphatic carbocycles. The summed E-state index contributed by atoms with van der Waals surface area (Å²) in [5.41, 5.74) is 19.1. The number of benzene rings is 4. The summed E-state index contributed by atoms with van der Waals surface area (Å²) in [6.45, 7) is 2.65. The van der Waals surface area contributed by atoms with Gasteiger partial charge < -0.3 is 30.4 Å². The van der Waals surface area contributed by atoms with Crippen LogP contribution in [0, 0.1) is 11.3 Å². The first kappa shape index (κ1) is 32.4. The van der Waals surface area contributed by atoms with Crippen LogP contribution in [0.2, 0.25) is 0 Å². The van der Waals surface area contributed by atoms with Crippen LogP contribution in [0.5, 0.6) is 11.5 Å². The summed E-state index contributed by atoms with van der Waals surface area (Å²) in [4.78, 5) is 21.5. The van der Waals surface area contributed by atoms with Gasteiger partial charge in [-0.05, 0) is 77.8 Å². The number of aryl methyl sites for hydroxylation is 2. The average molecular weight is 657 g/mol.